The summed E-state index contributed by atoms with van der Waals surface area (Å²) in [5.41, 5.74) is 2.95. The first kappa shape index (κ1) is 22.6. The smallest absolute Gasteiger partial charge is 0.241 e. The van der Waals surface area contributed by atoms with Crippen LogP contribution in [0.25, 0.3) is 0 Å². The number of carbonyl (C=O) groups excluding carboxylic acids is 1. The molecule has 0 radical (unpaired) electrons. The number of nitrogens with one attached hydrogen (secondary N) is 2. The highest BCUT2D eigenvalue weighted by atomic mass is 35.5. The van der Waals surface area contributed by atoms with E-state index in [1.165, 1.54) is 0 Å². The molecular formula is C24H23Cl3N2O. The third-order valence-corrected chi connectivity index (χ3v) is 5.80. The molecule has 2 N–H and O–H groups in total. The van der Waals surface area contributed by atoms with Gasteiger partial charge in [0.2, 0.25) is 5.91 Å². The van der Waals surface area contributed by atoms with Crippen molar-refractivity contribution in [3.8, 4) is 0 Å². The van der Waals surface area contributed by atoms with Gasteiger partial charge in [-0.3, -0.25) is 10.1 Å². The second kappa shape index (κ2) is 10.8. The molecule has 0 aliphatic rings. The van der Waals surface area contributed by atoms with Crippen LogP contribution in [0.3, 0.4) is 0 Å². The largest absolute Gasteiger partial charge is 0.358 e. The molecule has 0 spiro atoms. The first-order valence-electron chi connectivity index (χ1n) is 9.70. The Morgan fingerprint density at radius 1 is 0.900 bits per heavy atom. The average molecular weight is 462 g/mol. The van der Waals surface area contributed by atoms with Crippen molar-refractivity contribution < 1.29 is 4.79 Å². The standard InChI is InChI=1S/C24H23Cl3N2O/c1-28-24(30)23(17-5-3-2-4-6-17)29-22(20-13-12-19(26)15-21(20)27)14-9-16-7-10-18(25)11-8-16/h2-8,10-13,15,22-23,29H,9,14H2,1H3,(H,28,30)/t22-,23+/m0/s1. The molecule has 1 amide bonds. The van der Waals surface area contributed by atoms with Crippen LogP contribution in [0.15, 0.2) is 72.8 Å². The Kier molecular flexibility index (Phi) is 8.17. The quantitative estimate of drug-likeness (QED) is 0.407. The number of benzene rings is 3. The lowest BCUT2D eigenvalue weighted by molar-refractivity contribution is -0.123. The van der Waals surface area contributed by atoms with Crippen molar-refractivity contribution in [1.82, 2.24) is 10.6 Å². The van der Waals surface area contributed by atoms with E-state index < -0.39 is 6.04 Å². The van der Waals surface area contributed by atoms with Crippen molar-refractivity contribution in [2.45, 2.75) is 24.9 Å². The molecule has 0 aliphatic carbocycles. The second-order valence-corrected chi connectivity index (χ2v) is 8.29. The van der Waals surface area contributed by atoms with Crippen LogP contribution in [0.2, 0.25) is 15.1 Å². The number of halogens is 3. The minimum absolute atomic E-state index is 0.109. The molecule has 156 valence electrons. The fourth-order valence-electron chi connectivity index (χ4n) is 3.39. The van der Waals surface area contributed by atoms with E-state index in [4.69, 9.17) is 34.8 Å². The van der Waals surface area contributed by atoms with E-state index in [-0.39, 0.29) is 11.9 Å². The summed E-state index contributed by atoms with van der Waals surface area (Å²) in [4.78, 5) is 12.7. The second-order valence-electron chi connectivity index (χ2n) is 7.01. The van der Waals surface area contributed by atoms with E-state index in [1.54, 1.807) is 13.1 Å². The van der Waals surface area contributed by atoms with Crippen LogP contribution in [0.1, 0.15) is 35.2 Å². The molecule has 0 saturated heterocycles. The molecule has 6 heteroatoms. The Morgan fingerprint density at radius 3 is 2.20 bits per heavy atom. The third-order valence-electron chi connectivity index (χ3n) is 4.98. The molecule has 3 nitrogen and oxygen atoms in total. The zero-order chi connectivity index (χ0) is 21.5. The summed E-state index contributed by atoms with van der Waals surface area (Å²) in [6.45, 7) is 0. The van der Waals surface area contributed by atoms with E-state index in [0.29, 0.717) is 15.1 Å². The van der Waals surface area contributed by atoms with Crippen molar-refractivity contribution in [2.75, 3.05) is 7.05 Å². The number of hydrogen-bond donors (Lipinski definition) is 2. The Labute approximate surface area is 192 Å². The van der Waals surface area contributed by atoms with E-state index >= 15 is 0 Å². The number of hydrogen-bond acceptors (Lipinski definition) is 2. The summed E-state index contributed by atoms with van der Waals surface area (Å²) in [6, 6.07) is 22.2. The van der Waals surface area contributed by atoms with Gasteiger partial charge in [-0.1, -0.05) is 83.3 Å². The summed E-state index contributed by atoms with van der Waals surface area (Å²) >= 11 is 18.6. The van der Waals surface area contributed by atoms with Crippen LogP contribution in [0.4, 0.5) is 0 Å². The van der Waals surface area contributed by atoms with Gasteiger partial charge < -0.3 is 5.32 Å². The van der Waals surface area contributed by atoms with Crippen LogP contribution >= 0.6 is 34.8 Å². The fraction of sp³-hybridized carbons (Fsp3) is 0.208. The van der Waals surface area contributed by atoms with E-state index in [2.05, 4.69) is 10.6 Å². The van der Waals surface area contributed by atoms with Gasteiger partial charge in [0.1, 0.15) is 6.04 Å². The highest BCUT2D eigenvalue weighted by Crippen LogP contribution is 2.31. The van der Waals surface area contributed by atoms with Gasteiger partial charge in [0, 0.05) is 28.2 Å². The van der Waals surface area contributed by atoms with E-state index in [1.807, 2.05) is 66.7 Å². The molecule has 0 unspecified atom stereocenters. The maximum atomic E-state index is 12.7. The molecule has 3 aromatic rings. The van der Waals surface area contributed by atoms with Gasteiger partial charge in [-0.25, -0.2) is 0 Å². The van der Waals surface area contributed by atoms with Crippen molar-refractivity contribution in [2.24, 2.45) is 0 Å². The molecule has 0 aliphatic heterocycles. The Bertz CT molecular complexity index is 978. The third kappa shape index (κ3) is 5.99. The van der Waals surface area contributed by atoms with Gasteiger partial charge in [0.25, 0.3) is 0 Å². The van der Waals surface area contributed by atoms with Crippen LogP contribution < -0.4 is 10.6 Å². The molecule has 2 atom stereocenters. The van der Waals surface area contributed by atoms with Crippen LogP contribution in [0.5, 0.6) is 0 Å². The lowest BCUT2D eigenvalue weighted by atomic mass is 9.96. The zero-order valence-electron chi connectivity index (χ0n) is 16.5. The highest BCUT2D eigenvalue weighted by molar-refractivity contribution is 6.35. The average Bonchev–Trinajstić information content (AvgIpc) is 2.76. The van der Waals surface area contributed by atoms with Crippen LogP contribution in [0, 0.1) is 0 Å². The maximum absolute atomic E-state index is 12.7. The number of likely N-dealkylation sites (N-methyl/N-ethyl adjacent to an activating group) is 1. The van der Waals surface area contributed by atoms with Crippen molar-refractivity contribution in [1.29, 1.82) is 0 Å². The predicted octanol–water partition coefficient (Wildman–Crippen LogP) is 6.40. The molecule has 0 heterocycles. The molecule has 0 aromatic heterocycles. The molecule has 3 aromatic carbocycles. The molecule has 30 heavy (non-hydrogen) atoms. The van der Waals surface area contributed by atoms with Gasteiger partial charge in [0.15, 0.2) is 0 Å². The van der Waals surface area contributed by atoms with E-state index in [9.17, 15) is 4.79 Å². The predicted molar refractivity (Wildman–Crippen MR) is 125 cm³/mol. The summed E-state index contributed by atoms with van der Waals surface area (Å²) < 4.78 is 0. The van der Waals surface area contributed by atoms with Crippen molar-refractivity contribution in [3.05, 3.63) is 105 Å². The Balaban J connectivity index is 1.90. The number of aryl methyl sites for hydroxylation is 1. The summed E-state index contributed by atoms with van der Waals surface area (Å²) in [5.74, 6) is -0.109. The van der Waals surface area contributed by atoms with Gasteiger partial charge in [-0.2, -0.15) is 0 Å². The minimum Gasteiger partial charge on any atom is -0.358 e. The van der Waals surface area contributed by atoms with Crippen LogP contribution in [-0.2, 0) is 11.2 Å². The van der Waals surface area contributed by atoms with Gasteiger partial charge in [-0.15, -0.1) is 0 Å². The zero-order valence-corrected chi connectivity index (χ0v) is 18.8. The van der Waals surface area contributed by atoms with E-state index in [0.717, 1.165) is 29.5 Å². The summed E-state index contributed by atoms with van der Waals surface area (Å²) in [5, 5.41) is 8.12. The molecular weight excluding hydrogens is 439 g/mol. The lowest BCUT2D eigenvalue weighted by Gasteiger charge is -2.26. The van der Waals surface area contributed by atoms with Crippen molar-refractivity contribution >= 4 is 40.7 Å². The maximum Gasteiger partial charge on any atom is 0.241 e. The first-order valence-corrected chi connectivity index (χ1v) is 10.8. The molecule has 0 bridgehead atoms. The normalized spacial score (nSPS) is 12.9. The molecule has 0 saturated carbocycles. The highest BCUT2D eigenvalue weighted by Gasteiger charge is 2.25. The first-order chi connectivity index (χ1) is 14.5. The van der Waals surface area contributed by atoms with Gasteiger partial charge in [-0.05, 0) is 53.8 Å². The van der Waals surface area contributed by atoms with Gasteiger partial charge in [0.05, 0.1) is 0 Å². The minimum atomic E-state index is -0.516. The number of rotatable bonds is 8. The Hall–Kier alpha value is -2.04. The summed E-state index contributed by atoms with van der Waals surface area (Å²) in [7, 11) is 1.64. The fourth-order valence-corrected chi connectivity index (χ4v) is 4.06. The monoisotopic (exact) mass is 460 g/mol. The summed E-state index contributed by atoms with van der Waals surface area (Å²) in [6.07, 6.45) is 1.53. The van der Waals surface area contributed by atoms with Gasteiger partial charge >= 0.3 is 0 Å². The topological polar surface area (TPSA) is 41.1 Å². The lowest BCUT2D eigenvalue weighted by Crippen LogP contribution is -2.38. The number of carbonyl (C=O) groups is 1. The van der Waals surface area contributed by atoms with Crippen molar-refractivity contribution in [3.63, 3.8) is 0 Å². The van der Waals surface area contributed by atoms with Crippen LogP contribution in [-0.4, -0.2) is 13.0 Å². The molecule has 0 fully saturated rings. The SMILES string of the molecule is CNC(=O)[C@H](N[C@@H](CCc1ccc(Cl)cc1)c1ccc(Cl)cc1Cl)c1ccccc1. The molecule has 3 rings (SSSR count). The number of amides is 1. The Morgan fingerprint density at radius 2 is 1.57 bits per heavy atom.